The van der Waals surface area contributed by atoms with Crippen molar-refractivity contribution in [1.29, 1.82) is 0 Å². The van der Waals surface area contributed by atoms with Crippen molar-refractivity contribution in [1.82, 2.24) is 9.38 Å². The fourth-order valence-corrected chi connectivity index (χ4v) is 2.00. The van der Waals surface area contributed by atoms with E-state index in [1.807, 2.05) is 49.6 Å². The van der Waals surface area contributed by atoms with Crippen LogP contribution < -0.4 is 0 Å². The first kappa shape index (κ1) is 13.3. The molecule has 0 saturated heterocycles. The summed E-state index contributed by atoms with van der Waals surface area (Å²) in [5.74, 6) is -0.227. The predicted molar refractivity (Wildman–Crippen MR) is 76.7 cm³/mol. The molecule has 0 N–H and O–H groups in total. The summed E-state index contributed by atoms with van der Waals surface area (Å²) in [7, 11) is 0. The van der Waals surface area contributed by atoms with Gasteiger partial charge in [-0.15, -0.1) is 0 Å². The number of imidazole rings is 1. The van der Waals surface area contributed by atoms with Gasteiger partial charge < -0.3 is 4.40 Å². The van der Waals surface area contributed by atoms with Crippen molar-refractivity contribution in [3.63, 3.8) is 0 Å². The highest BCUT2D eigenvalue weighted by Crippen LogP contribution is 2.23. The molecule has 3 heteroatoms. The van der Waals surface area contributed by atoms with Crippen LogP contribution in [0.1, 0.15) is 19.5 Å². The molecule has 0 bridgehead atoms. The van der Waals surface area contributed by atoms with Crippen molar-refractivity contribution in [3.05, 3.63) is 60.2 Å². The second-order valence-corrected chi connectivity index (χ2v) is 3.98. The fourth-order valence-electron chi connectivity index (χ4n) is 2.00. The molecule has 0 spiro atoms. The van der Waals surface area contributed by atoms with Gasteiger partial charge in [0.1, 0.15) is 11.5 Å². The van der Waals surface area contributed by atoms with Gasteiger partial charge in [0.2, 0.25) is 0 Å². The lowest BCUT2D eigenvalue weighted by molar-refractivity contribution is 0.628. The van der Waals surface area contributed by atoms with E-state index in [0.29, 0.717) is 0 Å². The maximum atomic E-state index is 12.9. The van der Waals surface area contributed by atoms with Crippen molar-refractivity contribution < 1.29 is 4.39 Å². The Kier molecular flexibility index (Phi) is 3.95. The van der Waals surface area contributed by atoms with Crippen LogP contribution in [0.3, 0.4) is 0 Å². The number of pyridine rings is 1. The Balaban J connectivity index is 0.000000637. The van der Waals surface area contributed by atoms with Crippen LogP contribution in [0.2, 0.25) is 0 Å². The summed E-state index contributed by atoms with van der Waals surface area (Å²) in [6, 6.07) is 12.3. The third-order valence-electron chi connectivity index (χ3n) is 2.89. The van der Waals surface area contributed by atoms with Crippen LogP contribution in [-0.4, -0.2) is 9.38 Å². The van der Waals surface area contributed by atoms with Crippen LogP contribution >= 0.6 is 0 Å². The monoisotopic (exact) mass is 256 g/mol. The molecule has 0 aliphatic heterocycles. The van der Waals surface area contributed by atoms with Gasteiger partial charge in [-0.3, -0.25) is 0 Å². The SMILES string of the molecule is CC.Cc1c(-c2ccc(F)cc2)nc2ccccn12. The highest BCUT2D eigenvalue weighted by atomic mass is 19.1. The van der Waals surface area contributed by atoms with E-state index in [4.69, 9.17) is 0 Å². The van der Waals surface area contributed by atoms with Crippen molar-refractivity contribution in [2.24, 2.45) is 0 Å². The molecule has 0 fully saturated rings. The predicted octanol–water partition coefficient (Wildman–Crippen LogP) is 4.48. The van der Waals surface area contributed by atoms with Crippen LogP contribution in [0.5, 0.6) is 0 Å². The zero-order valence-corrected chi connectivity index (χ0v) is 11.4. The minimum absolute atomic E-state index is 0.227. The number of aryl methyl sites for hydroxylation is 1. The summed E-state index contributed by atoms with van der Waals surface area (Å²) < 4.78 is 14.9. The third-order valence-corrected chi connectivity index (χ3v) is 2.89. The number of hydrogen-bond donors (Lipinski definition) is 0. The molecule has 2 heterocycles. The van der Waals surface area contributed by atoms with Crippen LogP contribution in [0.15, 0.2) is 48.7 Å². The zero-order chi connectivity index (χ0) is 13.8. The number of rotatable bonds is 1. The molecular formula is C16H17FN2. The first-order valence-electron chi connectivity index (χ1n) is 6.45. The summed E-state index contributed by atoms with van der Waals surface area (Å²) in [4.78, 5) is 4.55. The highest BCUT2D eigenvalue weighted by Gasteiger charge is 2.09. The summed E-state index contributed by atoms with van der Waals surface area (Å²) in [6.07, 6.45) is 1.98. The van der Waals surface area contributed by atoms with Gasteiger partial charge in [0.15, 0.2) is 0 Å². The molecular weight excluding hydrogens is 239 g/mol. The summed E-state index contributed by atoms with van der Waals surface area (Å²) >= 11 is 0. The largest absolute Gasteiger partial charge is 0.304 e. The normalized spacial score (nSPS) is 10.1. The lowest BCUT2D eigenvalue weighted by atomic mass is 10.1. The van der Waals surface area contributed by atoms with Crippen LogP contribution in [-0.2, 0) is 0 Å². The fraction of sp³-hybridized carbons (Fsp3) is 0.188. The first-order valence-corrected chi connectivity index (χ1v) is 6.45. The van der Waals surface area contributed by atoms with E-state index in [9.17, 15) is 4.39 Å². The Hall–Kier alpha value is -2.16. The number of benzene rings is 1. The van der Waals surface area contributed by atoms with Gasteiger partial charge in [0.25, 0.3) is 0 Å². The van der Waals surface area contributed by atoms with Crippen LogP contribution in [0.25, 0.3) is 16.9 Å². The topological polar surface area (TPSA) is 17.3 Å². The Morgan fingerprint density at radius 1 is 1.00 bits per heavy atom. The van der Waals surface area contributed by atoms with Gasteiger partial charge in [-0.2, -0.15) is 0 Å². The molecule has 19 heavy (non-hydrogen) atoms. The van der Waals surface area contributed by atoms with E-state index < -0.39 is 0 Å². The minimum atomic E-state index is -0.227. The molecule has 3 aromatic rings. The Morgan fingerprint density at radius 3 is 2.32 bits per heavy atom. The number of halogens is 1. The molecule has 98 valence electrons. The summed E-state index contributed by atoms with van der Waals surface area (Å²) in [6.45, 7) is 6.01. The van der Waals surface area contributed by atoms with Gasteiger partial charge in [0, 0.05) is 17.5 Å². The molecule has 0 amide bonds. The average molecular weight is 256 g/mol. The van der Waals surface area contributed by atoms with E-state index in [0.717, 1.165) is 22.6 Å². The second kappa shape index (κ2) is 5.65. The number of nitrogens with zero attached hydrogens (tertiary/aromatic N) is 2. The maximum Gasteiger partial charge on any atom is 0.137 e. The molecule has 0 saturated carbocycles. The smallest absolute Gasteiger partial charge is 0.137 e. The first-order chi connectivity index (χ1) is 9.25. The van der Waals surface area contributed by atoms with Gasteiger partial charge >= 0.3 is 0 Å². The summed E-state index contributed by atoms with van der Waals surface area (Å²) in [5.41, 5.74) is 3.81. The van der Waals surface area contributed by atoms with Crippen LogP contribution in [0.4, 0.5) is 4.39 Å². The van der Waals surface area contributed by atoms with Gasteiger partial charge in [-0.05, 0) is 43.3 Å². The van der Waals surface area contributed by atoms with Gasteiger partial charge in [-0.25, -0.2) is 9.37 Å². The van der Waals surface area contributed by atoms with E-state index in [2.05, 4.69) is 4.98 Å². The molecule has 0 aliphatic rings. The van der Waals surface area contributed by atoms with Gasteiger partial charge in [-0.1, -0.05) is 19.9 Å². The average Bonchev–Trinajstić information content (AvgIpc) is 2.80. The maximum absolute atomic E-state index is 12.9. The molecule has 2 aromatic heterocycles. The Labute approximate surface area is 112 Å². The van der Waals surface area contributed by atoms with E-state index >= 15 is 0 Å². The molecule has 0 unspecified atom stereocenters. The van der Waals surface area contributed by atoms with Crippen molar-refractivity contribution in [3.8, 4) is 11.3 Å². The molecule has 0 aliphatic carbocycles. The third kappa shape index (κ3) is 2.50. The lowest BCUT2D eigenvalue weighted by Gasteiger charge is -1.99. The molecule has 0 atom stereocenters. The molecule has 3 rings (SSSR count). The Morgan fingerprint density at radius 2 is 1.68 bits per heavy atom. The zero-order valence-electron chi connectivity index (χ0n) is 11.4. The van der Waals surface area contributed by atoms with E-state index in [1.54, 1.807) is 12.1 Å². The van der Waals surface area contributed by atoms with Crippen molar-refractivity contribution in [2.75, 3.05) is 0 Å². The van der Waals surface area contributed by atoms with Gasteiger partial charge in [0.05, 0.1) is 5.69 Å². The standard InChI is InChI=1S/C14H11FN2.C2H6/c1-10-14(11-5-7-12(15)8-6-11)16-13-4-2-3-9-17(10)13;1-2/h2-9H,1H3;1-2H3. The number of hydrogen-bond acceptors (Lipinski definition) is 1. The highest BCUT2D eigenvalue weighted by molar-refractivity contribution is 5.66. The van der Waals surface area contributed by atoms with E-state index in [-0.39, 0.29) is 5.82 Å². The van der Waals surface area contributed by atoms with Crippen molar-refractivity contribution >= 4 is 5.65 Å². The summed E-state index contributed by atoms with van der Waals surface area (Å²) in [5, 5.41) is 0. The molecule has 0 radical (unpaired) electrons. The second-order valence-electron chi connectivity index (χ2n) is 3.98. The minimum Gasteiger partial charge on any atom is -0.304 e. The quantitative estimate of drug-likeness (QED) is 0.627. The number of aromatic nitrogens is 2. The lowest BCUT2D eigenvalue weighted by Crippen LogP contribution is -1.86. The number of fused-ring (bicyclic) bond motifs is 1. The van der Waals surface area contributed by atoms with Crippen molar-refractivity contribution in [2.45, 2.75) is 20.8 Å². The Bertz CT molecular complexity index is 669. The molecule has 2 nitrogen and oxygen atoms in total. The van der Waals surface area contributed by atoms with E-state index in [1.165, 1.54) is 12.1 Å². The molecule has 1 aromatic carbocycles. The van der Waals surface area contributed by atoms with Crippen LogP contribution in [0, 0.1) is 12.7 Å².